The van der Waals surface area contributed by atoms with Gasteiger partial charge in [-0.25, -0.2) is 0 Å². The van der Waals surface area contributed by atoms with Gasteiger partial charge in [0.05, 0.1) is 6.42 Å². The molecular weight excluding hydrogens is 262 g/mol. The summed E-state index contributed by atoms with van der Waals surface area (Å²) in [6, 6.07) is 12.6. The van der Waals surface area contributed by atoms with Gasteiger partial charge in [0, 0.05) is 10.6 Å². The van der Waals surface area contributed by atoms with Gasteiger partial charge in [-0.05, 0) is 23.6 Å². The van der Waals surface area contributed by atoms with E-state index >= 15 is 0 Å². The van der Waals surface area contributed by atoms with Gasteiger partial charge in [0.15, 0.2) is 0 Å². The third-order valence-electron chi connectivity index (χ3n) is 2.57. The number of aliphatic carboxylic acids is 1. The van der Waals surface area contributed by atoms with Crippen molar-refractivity contribution in [3.63, 3.8) is 0 Å². The van der Waals surface area contributed by atoms with Crippen molar-refractivity contribution in [2.45, 2.75) is 6.42 Å². The molecule has 98 valence electrons. The lowest BCUT2D eigenvalue weighted by Crippen LogP contribution is -2.36. The summed E-state index contributed by atoms with van der Waals surface area (Å²) in [5.41, 5.74) is 0.603. The van der Waals surface area contributed by atoms with E-state index in [0.29, 0.717) is 5.69 Å². The average Bonchev–Trinajstić information content (AvgIpc) is 2.89. The third-order valence-corrected chi connectivity index (χ3v) is 3.44. The maximum atomic E-state index is 12.2. The molecule has 1 amide bonds. The molecule has 0 aliphatic rings. The number of carbonyl (C=O) groups is 2. The molecule has 0 fully saturated rings. The number of thiophene rings is 1. The molecule has 1 aromatic carbocycles. The van der Waals surface area contributed by atoms with Gasteiger partial charge in [-0.1, -0.05) is 24.3 Å². The van der Waals surface area contributed by atoms with E-state index in [9.17, 15) is 9.59 Å². The molecule has 0 spiro atoms. The Morgan fingerprint density at radius 2 is 1.84 bits per heavy atom. The second kappa shape index (κ2) is 6.15. The number of carbonyl (C=O) groups excluding carboxylic acids is 1. The lowest BCUT2D eigenvalue weighted by atomic mass is 10.2. The largest absolute Gasteiger partial charge is 0.480 e. The number of carboxylic acids is 1. The van der Waals surface area contributed by atoms with Crippen LogP contribution >= 0.6 is 11.3 Å². The van der Waals surface area contributed by atoms with E-state index in [0.717, 1.165) is 4.88 Å². The zero-order valence-electron chi connectivity index (χ0n) is 10.2. The Balaban J connectivity index is 2.18. The van der Waals surface area contributed by atoms with Crippen LogP contribution in [0.2, 0.25) is 0 Å². The van der Waals surface area contributed by atoms with Gasteiger partial charge in [-0.15, -0.1) is 11.3 Å². The average molecular weight is 275 g/mol. The third kappa shape index (κ3) is 3.66. The highest BCUT2D eigenvalue weighted by molar-refractivity contribution is 7.10. The molecule has 2 aromatic rings. The van der Waals surface area contributed by atoms with Crippen molar-refractivity contribution in [2.24, 2.45) is 0 Å². The summed E-state index contributed by atoms with van der Waals surface area (Å²) in [5.74, 6) is -1.24. The van der Waals surface area contributed by atoms with Crippen LogP contribution in [0, 0.1) is 0 Å². The molecule has 0 radical (unpaired) electrons. The molecule has 1 heterocycles. The molecule has 0 saturated carbocycles. The summed E-state index contributed by atoms with van der Waals surface area (Å²) < 4.78 is 0. The van der Waals surface area contributed by atoms with Gasteiger partial charge in [-0.3, -0.25) is 9.59 Å². The van der Waals surface area contributed by atoms with Gasteiger partial charge in [-0.2, -0.15) is 0 Å². The lowest BCUT2D eigenvalue weighted by Gasteiger charge is -2.20. The van der Waals surface area contributed by atoms with Crippen molar-refractivity contribution in [2.75, 3.05) is 11.4 Å². The van der Waals surface area contributed by atoms with Crippen molar-refractivity contribution in [1.29, 1.82) is 0 Å². The van der Waals surface area contributed by atoms with E-state index in [1.54, 1.807) is 24.3 Å². The lowest BCUT2D eigenvalue weighted by molar-refractivity contribution is -0.136. The summed E-state index contributed by atoms with van der Waals surface area (Å²) in [6.45, 7) is -0.325. The second-order valence-electron chi connectivity index (χ2n) is 3.97. The summed E-state index contributed by atoms with van der Waals surface area (Å²) in [5, 5.41) is 10.8. The maximum Gasteiger partial charge on any atom is 0.323 e. The van der Waals surface area contributed by atoms with E-state index in [1.807, 2.05) is 23.6 Å². The van der Waals surface area contributed by atoms with E-state index < -0.39 is 5.97 Å². The van der Waals surface area contributed by atoms with E-state index in [-0.39, 0.29) is 18.9 Å². The van der Waals surface area contributed by atoms with Crippen molar-refractivity contribution in [3.05, 3.63) is 52.7 Å². The number of rotatable bonds is 5. The molecule has 0 unspecified atom stereocenters. The maximum absolute atomic E-state index is 12.2. The van der Waals surface area contributed by atoms with Crippen LogP contribution in [-0.4, -0.2) is 23.5 Å². The van der Waals surface area contributed by atoms with Crippen LogP contribution in [0.3, 0.4) is 0 Å². The SMILES string of the molecule is O=C(O)CN(C(=O)Cc1cccs1)c1ccccc1. The molecule has 0 bridgehead atoms. The van der Waals surface area contributed by atoms with Crippen LogP contribution in [0.1, 0.15) is 4.88 Å². The minimum absolute atomic E-state index is 0.212. The summed E-state index contributed by atoms with van der Waals surface area (Å²) in [4.78, 5) is 25.3. The molecule has 19 heavy (non-hydrogen) atoms. The van der Waals surface area contributed by atoms with Crippen molar-refractivity contribution < 1.29 is 14.7 Å². The second-order valence-corrected chi connectivity index (χ2v) is 5.00. The minimum atomic E-state index is -1.02. The molecule has 1 aromatic heterocycles. The van der Waals surface area contributed by atoms with Crippen LogP contribution in [0.5, 0.6) is 0 Å². The fourth-order valence-electron chi connectivity index (χ4n) is 1.72. The first-order valence-corrected chi connectivity index (χ1v) is 6.64. The van der Waals surface area contributed by atoms with E-state index in [2.05, 4.69) is 0 Å². The zero-order chi connectivity index (χ0) is 13.7. The number of para-hydroxylation sites is 1. The minimum Gasteiger partial charge on any atom is -0.480 e. The molecule has 5 heteroatoms. The summed E-state index contributed by atoms with van der Waals surface area (Å²) in [7, 11) is 0. The first kappa shape index (κ1) is 13.3. The molecule has 0 aliphatic carbocycles. The zero-order valence-corrected chi connectivity index (χ0v) is 11.0. The van der Waals surface area contributed by atoms with E-state index in [4.69, 9.17) is 5.11 Å². The predicted molar refractivity (Wildman–Crippen MR) is 74.5 cm³/mol. The standard InChI is InChI=1S/C14H13NO3S/c16-13(9-12-7-4-8-19-12)15(10-14(17)18)11-5-2-1-3-6-11/h1-8H,9-10H2,(H,17,18). The normalized spacial score (nSPS) is 10.1. The van der Waals surface area contributed by atoms with Gasteiger partial charge in [0.25, 0.3) is 0 Å². The Hall–Kier alpha value is -2.14. The van der Waals surface area contributed by atoms with Crippen LogP contribution < -0.4 is 4.90 Å². The van der Waals surface area contributed by atoms with Crippen LogP contribution in [0.25, 0.3) is 0 Å². The first-order chi connectivity index (χ1) is 9.16. The topological polar surface area (TPSA) is 57.6 Å². The summed E-state index contributed by atoms with van der Waals surface area (Å²) in [6.07, 6.45) is 0.222. The Kier molecular flexibility index (Phi) is 4.30. The Morgan fingerprint density at radius 3 is 2.42 bits per heavy atom. The number of nitrogens with zero attached hydrogens (tertiary/aromatic N) is 1. The number of anilines is 1. The van der Waals surface area contributed by atoms with Crippen molar-refractivity contribution in [3.8, 4) is 0 Å². The smallest absolute Gasteiger partial charge is 0.323 e. The molecule has 2 rings (SSSR count). The summed E-state index contributed by atoms with van der Waals surface area (Å²) >= 11 is 1.49. The number of hydrogen-bond acceptors (Lipinski definition) is 3. The molecule has 1 N–H and O–H groups in total. The van der Waals surface area contributed by atoms with Gasteiger partial charge < -0.3 is 10.0 Å². The highest BCUT2D eigenvalue weighted by atomic mass is 32.1. The van der Waals surface area contributed by atoms with Gasteiger partial charge in [0.1, 0.15) is 6.54 Å². The van der Waals surface area contributed by atoms with E-state index in [1.165, 1.54) is 16.2 Å². The Morgan fingerprint density at radius 1 is 1.11 bits per heavy atom. The first-order valence-electron chi connectivity index (χ1n) is 5.76. The molecule has 0 aliphatic heterocycles. The Labute approximate surface area is 114 Å². The molecule has 0 atom stereocenters. The molecule has 4 nitrogen and oxygen atoms in total. The molecular formula is C14H13NO3S. The molecule has 0 saturated heterocycles. The van der Waals surface area contributed by atoms with Gasteiger partial charge in [0.2, 0.25) is 5.91 Å². The number of benzene rings is 1. The van der Waals surface area contributed by atoms with Crippen molar-refractivity contribution in [1.82, 2.24) is 0 Å². The van der Waals surface area contributed by atoms with Crippen LogP contribution in [0.15, 0.2) is 47.8 Å². The van der Waals surface area contributed by atoms with Crippen LogP contribution in [-0.2, 0) is 16.0 Å². The van der Waals surface area contributed by atoms with Gasteiger partial charge >= 0.3 is 5.97 Å². The highest BCUT2D eigenvalue weighted by Gasteiger charge is 2.19. The number of amides is 1. The fourth-order valence-corrected chi connectivity index (χ4v) is 2.42. The Bertz CT molecular complexity index is 551. The van der Waals surface area contributed by atoms with Crippen LogP contribution in [0.4, 0.5) is 5.69 Å². The number of hydrogen-bond donors (Lipinski definition) is 1. The number of carboxylic acid groups (broad SMARTS) is 1. The highest BCUT2D eigenvalue weighted by Crippen LogP contribution is 2.16. The quantitative estimate of drug-likeness (QED) is 0.911. The fraction of sp³-hybridized carbons (Fsp3) is 0.143. The monoisotopic (exact) mass is 275 g/mol. The predicted octanol–water partition coefficient (Wildman–Crippen LogP) is 2.41. The van der Waals surface area contributed by atoms with Crippen molar-refractivity contribution >= 4 is 28.9 Å².